The third-order valence-corrected chi connectivity index (χ3v) is 4.18. The zero-order valence-electron chi connectivity index (χ0n) is 12.3. The summed E-state index contributed by atoms with van der Waals surface area (Å²) < 4.78 is 15.6. The molecule has 0 fully saturated rings. The van der Waals surface area contributed by atoms with Crippen LogP contribution in [0.25, 0.3) is 11.3 Å². The molecule has 6 heteroatoms. The summed E-state index contributed by atoms with van der Waals surface area (Å²) in [6, 6.07) is 13.4. The number of aromatic nitrogens is 1. The number of nitrogens with zero attached hydrogens (tertiary/aromatic N) is 3. The van der Waals surface area contributed by atoms with Crippen LogP contribution < -0.4 is 4.80 Å². The summed E-state index contributed by atoms with van der Waals surface area (Å²) in [5.74, 6) is -0.186. The Morgan fingerprint density at radius 2 is 1.87 bits per heavy atom. The Morgan fingerprint density at radius 1 is 1.13 bits per heavy atom. The molecule has 1 heterocycles. The zero-order chi connectivity index (χ0) is 16.2. The van der Waals surface area contributed by atoms with E-state index in [-0.39, 0.29) is 11.6 Å². The highest BCUT2D eigenvalue weighted by atomic mass is 32.1. The number of thiazole rings is 1. The van der Waals surface area contributed by atoms with E-state index in [1.807, 2.05) is 11.4 Å². The maximum atomic E-state index is 14.1. The van der Waals surface area contributed by atoms with Gasteiger partial charge >= 0.3 is 0 Å². The van der Waals surface area contributed by atoms with Gasteiger partial charge in [-0.2, -0.15) is 5.10 Å². The maximum absolute atomic E-state index is 14.1. The highest BCUT2D eigenvalue weighted by Gasteiger charge is 2.11. The minimum Gasteiger partial charge on any atom is -0.507 e. The molecule has 0 unspecified atom stereocenters. The Balaban J connectivity index is 2.11. The molecule has 0 spiro atoms. The lowest BCUT2D eigenvalue weighted by Gasteiger charge is -2.04. The van der Waals surface area contributed by atoms with Crippen molar-refractivity contribution < 1.29 is 9.50 Å². The van der Waals surface area contributed by atoms with Gasteiger partial charge in [-0.25, -0.2) is 9.07 Å². The van der Waals surface area contributed by atoms with Crippen LogP contribution in [0.15, 0.2) is 64.0 Å². The molecule has 116 valence electrons. The Labute approximate surface area is 136 Å². The predicted octanol–water partition coefficient (Wildman–Crippen LogP) is 3.47. The van der Waals surface area contributed by atoms with Gasteiger partial charge in [0, 0.05) is 23.6 Å². The lowest BCUT2D eigenvalue weighted by molar-refractivity contribution is 0.474. The number of phenols is 1. The van der Waals surface area contributed by atoms with E-state index in [1.165, 1.54) is 23.6 Å². The number of aromatic hydroxyl groups is 1. The van der Waals surface area contributed by atoms with Gasteiger partial charge < -0.3 is 5.11 Å². The summed E-state index contributed by atoms with van der Waals surface area (Å²) in [6.07, 6.45) is 1.53. The van der Waals surface area contributed by atoms with Gasteiger partial charge in [0.05, 0.1) is 11.9 Å². The van der Waals surface area contributed by atoms with Crippen molar-refractivity contribution in [3.63, 3.8) is 0 Å². The number of halogens is 1. The van der Waals surface area contributed by atoms with Crippen LogP contribution in [0.5, 0.6) is 5.75 Å². The van der Waals surface area contributed by atoms with E-state index >= 15 is 0 Å². The smallest absolute Gasteiger partial charge is 0.205 e. The van der Waals surface area contributed by atoms with E-state index in [1.54, 1.807) is 48.1 Å². The highest BCUT2D eigenvalue weighted by molar-refractivity contribution is 7.07. The molecular formula is C17H14FN3OS. The zero-order valence-corrected chi connectivity index (χ0v) is 13.2. The lowest BCUT2D eigenvalue weighted by atomic mass is 10.1. The van der Waals surface area contributed by atoms with Gasteiger partial charge in [-0.1, -0.05) is 24.3 Å². The van der Waals surface area contributed by atoms with Gasteiger partial charge in [-0.05, 0) is 24.3 Å². The van der Waals surface area contributed by atoms with Gasteiger partial charge in [-0.3, -0.25) is 4.99 Å². The Morgan fingerprint density at radius 3 is 2.61 bits per heavy atom. The molecule has 0 aliphatic rings. The van der Waals surface area contributed by atoms with Crippen LogP contribution in [0.3, 0.4) is 0 Å². The third kappa shape index (κ3) is 3.07. The molecular weight excluding hydrogens is 313 g/mol. The van der Waals surface area contributed by atoms with E-state index in [4.69, 9.17) is 0 Å². The molecule has 1 N–H and O–H groups in total. The second-order valence-electron chi connectivity index (χ2n) is 4.72. The Hall–Kier alpha value is -2.73. The van der Waals surface area contributed by atoms with Crippen LogP contribution in [-0.4, -0.2) is 23.0 Å². The summed E-state index contributed by atoms with van der Waals surface area (Å²) in [6.45, 7) is 0. The van der Waals surface area contributed by atoms with E-state index in [2.05, 4.69) is 10.1 Å². The standard InChI is InChI=1S/C17H14FN3OS/c1-19-17-21(20-10-12-6-2-5-9-16(12)22)15(11-23-17)13-7-3-4-8-14(13)18/h2-11,22H,1H3/b19-17?,20-10+. The third-order valence-electron chi connectivity index (χ3n) is 3.28. The molecule has 3 rings (SSSR count). The molecule has 1 aromatic heterocycles. The first-order valence-corrected chi connectivity index (χ1v) is 7.79. The second-order valence-corrected chi connectivity index (χ2v) is 5.56. The van der Waals surface area contributed by atoms with Crippen molar-refractivity contribution in [1.29, 1.82) is 0 Å². The second kappa shape index (κ2) is 6.58. The van der Waals surface area contributed by atoms with Gasteiger partial charge in [0.2, 0.25) is 4.80 Å². The molecule has 0 radical (unpaired) electrons. The minimum atomic E-state index is -0.320. The van der Waals surface area contributed by atoms with Crippen LogP contribution >= 0.6 is 11.3 Å². The molecule has 0 saturated heterocycles. The number of rotatable bonds is 3. The van der Waals surface area contributed by atoms with Gasteiger partial charge in [-0.15, -0.1) is 11.3 Å². The molecule has 0 aliphatic heterocycles. The van der Waals surface area contributed by atoms with Crippen molar-refractivity contribution in [3.8, 4) is 17.0 Å². The molecule has 0 amide bonds. The Bertz CT molecular complexity index is 927. The quantitative estimate of drug-likeness (QED) is 0.736. The lowest BCUT2D eigenvalue weighted by Crippen LogP contribution is -2.11. The summed E-state index contributed by atoms with van der Waals surface area (Å²) >= 11 is 1.37. The molecule has 0 aliphatic carbocycles. The van der Waals surface area contributed by atoms with Crippen LogP contribution in [0.4, 0.5) is 4.39 Å². The number of benzene rings is 2. The molecule has 4 nitrogen and oxygen atoms in total. The van der Waals surface area contributed by atoms with Crippen LogP contribution in [0.1, 0.15) is 5.56 Å². The van der Waals surface area contributed by atoms with Crippen molar-refractivity contribution in [3.05, 3.63) is 70.1 Å². The first kappa shape index (κ1) is 15.2. The monoisotopic (exact) mass is 327 g/mol. The van der Waals surface area contributed by atoms with E-state index in [9.17, 15) is 9.50 Å². The molecule has 23 heavy (non-hydrogen) atoms. The number of phenolic OH excluding ortho intramolecular Hbond substituents is 1. The minimum absolute atomic E-state index is 0.134. The maximum Gasteiger partial charge on any atom is 0.205 e. The summed E-state index contributed by atoms with van der Waals surface area (Å²) in [5, 5.41) is 16.0. The van der Waals surface area contributed by atoms with Gasteiger partial charge in [0.1, 0.15) is 11.6 Å². The van der Waals surface area contributed by atoms with E-state index in [0.717, 1.165) is 0 Å². The van der Waals surface area contributed by atoms with Gasteiger partial charge in [0.25, 0.3) is 0 Å². The van der Waals surface area contributed by atoms with Crippen molar-refractivity contribution in [2.45, 2.75) is 0 Å². The molecule has 0 saturated carbocycles. The molecule has 0 atom stereocenters. The fraction of sp³-hybridized carbons (Fsp3) is 0.0588. The summed E-state index contributed by atoms with van der Waals surface area (Å²) in [7, 11) is 1.66. The fourth-order valence-corrected chi connectivity index (χ4v) is 2.93. The first-order chi connectivity index (χ1) is 11.2. The van der Waals surface area contributed by atoms with Crippen LogP contribution in [-0.2, 0) is 0 Å². The number of para-hydroxylation sites is 1. The van der Waals surface area contributed by atoms with Crippen LogP contribution in [0.2, 0.25) is 0 Å². The first-order valence-electron chi connectivity index (χ1n) is 6.91. The van der Waals surface area contributed by atoms with Crippen molar-refractivity contribution in [2.24, 2.45) is 10.1 Å². The SMILES string of the molecule is CN=c1scc(-c2ccccc2F)n1/N=C/c1ccccc1O. The fourth-order valence-electron chi connectivity index (χ4n) is 2.13. The molecule has 2 aromatic carbocycles. The molecule has 0 bridgehead atoms. The van der Waals surface area contributed by atoms with E-state index in [0.29, 0.717) is 21.6 Å². The summed E-state index contributed by atoms with van der Waals surface area (Å²) in [5.41, 5.74) is 1.64. The average Bonchev–Trinajstić information content (AvgIpc) is 2.97. The molecule has 3 aromatic rings. The summed E-state index contributed by atoms with van der Waals surface area (Å²) in [4.78, 5) is 4.80. The predicted molar refractivity (Wildman–Crippen MR) is 90.3 cm³/mol. The topological polar surface area (TPSA) is 49.9 Å². The number of hydrogen-bond acceptors (Lipinski definition) is 4. The van der Waals surface area contributed by atoms with Crippen LogP contribution in [0, 0.1) is 5.82 Å². The van der Waals surface area contributed by atoms with Crippen molar-refractivity contribution in [2.75, 3.05) is 7.05 Å². The average molecular weight is 327 g/mol. The van der Waals surface area contributed by atoms with E-state index < -0.39 is 0 Å². The largest absolute Gasteiger partial charge is 0.507 e. The van der Waals surface area contributed by atoms with Crippen molar-refractivity contribution in [1.82, 2.24) is 4.68 Å². The Kier molecular flexibility index (Phi) is 4.34. The number of hydrogen-bond donors (Lipinski definition) is 1. The normalized spacial score (nSPS) is 12.2. The van der Waals surface area contributed by atoms with Gasteiger partial charge in [0.15, 0.2) is 0 Å². The highest BCUT2D eigenvalue weighted by Crippen LogP contribution is 2.23. The van der Waals surface area contributed by atoms with Crippen molar-refractivity contribution >= 4 is 17.6 Å².